The maximum Gasteiger partial charge on any atom is 0.223 e. The number of rotatable bonds is 4. The van der Waals surface area contributed by atoms with Crippen LogP contribution >= 0.6 is 11.6 Å². The average molecular weight is 424 g/mol. The molecule has 29 heavy (non-hydrogen) atoms. The van der Waals surface area contributed by atoms with Crippen LogP contribution < -0.4 is 5.73 Å². The maximum absolute atomic E-state index is 13.6. The number of nitrogens with zero attached hydrogens (tertiary/aromatic N) is 2. The molecule has 8 heteroatoms. The molecule has 2 fully saturated rings. The van der Waals surface area contributed by atoms with E-state index in [2.05, 4.69) is 4.98 Å². The predicted molar refractivity (Wildman–Crippen MR) is 105 cm³/mol. The first kappa shape index (κ1) is 20.3. The van der Waals surface area contributed by atoms with Crippen LogP contribution in [0.1, 0.15) is 44.6 Å². The molecular weight excluding hydrogens is 400 g/mol. The molecule has 0 unspecified atom stereocenters. The van der Waals surface area contributed by atoms with E-state index < -0.39 is 17.0 Å². The second kappa shape index (κ2) is 8.03. The monoisotopic (exact) mass is 423 g/mol. The fraction of sp³-hybridized carbons (Fsp3) is 0.524. The number of hydrogen-bond acceptors (Lipinski definition) is 3. The molecule has 1 aliphatic carbocycles. The molecule has 1 aromatic carbocycles. The molecule has 2 heterocycles. The molecule has 1 aromatic heterocycles. The Kier molecular flexibility index (Phi) is 5.62. The van der Waals surface area contributed by atoms with Gasteiger partial charge in [0.2, 0.25) is 5.91 Å². The van der Waals surface area contributed by atoms with Crippen LogP contribution in [0.2, 0.25) is 5.15 Å². The second-order valence-electron chi connectivity index (χ2n) is 8.06. The number of nitrogens with two attached hydrogens (primary N) is 1. The van der Waals surface area contributed by atoms with Crippen molar-refractivity contribution < 1.29 is 18.3 Å². The zero-order valence-corrected chi connectivity index (χ0v) is 16.8. The van der Waals surface area contributed by atoms with E-state index in [0.29, 0.717) is 42.5 Å². The van der Waals surface area contributed by atoms with Gasteiger partial charge in [0.05, 0.1) is 11.7 Å². The van der Waals surface area contributed by atoms with Gasteiger partial charge in [-0.25, -0.2) is 13.8 Å². The molecule has 2 aromatic rings. The molecule has 1 amide bonds. The highest BCUT2D eigenvalue weighted by molar-refractivity contribution is 6.32. The average Bonchev–Trinajstić information content (AvgIpc) is 3.12. The predicted octanol–water partition coefficient (Wildman–Crippen LogP) is 4.50. The van der Waals surface area contributed by atoms with Gasteiger partial charge in [-0.15, -0.1) is 0 Å². The summed E-state index contributed by atoms with van der Waals surface area (Å²) >= 11 is 6.54. The molecule has 0 bridgehead atoms. The fourth-order valence-electron chi connectivity index (χ4n) is 4.94. The number of hydrogen-bond donors (Lipinski definition) is 1. The van der Waals surface area contributed by atoms with Crippen LogP contribution in [0.25, 0.3) is 11.3 Å². The number of halogens is 3. The van der Waals surface area contributed by atoms with Crippen molar-refractivity contribution in [2.45, 2.75) is 44.6 Å². The lowest BCUT2D eigenvalue weighted by atomic mass is 9.62. The Labute approximate surface area is 173 Å². The molecule has 1 aliphatic heterocycles. The molecule has 0 atom stereocenters. The van der Waals surface area contributed by atoms with Crippen molar-refractivity contribution >= 4 is 17.5 Å². The summed E-state index contributed by atoms with van der Waals surface area (Å²) in [5.41, 5.74) is 6.22. The Balaban J connectivity index is 1.53. The Bertz CT molecular complexity index is 903. The molecule has 156 valence electrons. The lowest BCUT2D eigenvalue weighted by Crippen LogP contribution is -2.47. The van der Waals surface area contributed by atoms with Gasteiger partial charge in [0.15, 0.2) is 11.6 Å². The summed E-state index contributed by atoms with van der Waals surface area (Å²) in [7, 11) is 0. The smallest absolute Gasteiger partial charge is 0.223 e. The number of benzene rings is 1. The van der Waals surface area contributed by atoms with Crippen molar-refractivity contribution in [2.24, 2.45) is 17.1 Å². The molecule has 1 saturated carbocycles. The third-order valence-corrected chi connectivity index (χ3v) is 7.03. The normalized spacial score (nSPS) is 25.8. The van der Waals surface area contributed by atoms with Gasteiger partial charge < -0.3 is 15.0 Å². The standard InChI is InChI=1S/C21H24ClF2N3O2/c22-19-18(13-1-2-16(23)17(24)11-13)26-12-27(19)15-3-7-21(8-4-15,20(25)28)14-5-9-29-10-6-14/h1-2,11-12,14-15H,3-10H2,(H2,25,28)/t15-,21+. The van der Waals surface area contributed by atoms with Crippen molar-refractivity contribution in [1.82, 2.24) is 9.55 Å². The number of amides is 1. The summed E-state index contributed by atoms with van der Waals surface area (Å²) in [4.78, 5) is 16.7. The molecule has 0 radical (unpaired) electrons. The molecule has 5 nitrogen and oxygen atoms in total. The topological polar surface area (TPSA) is 70.1 Å². The minimum Gasteiger partial charge on any atom is -0.381 e. The van der Waals surface area contributed by atoms with E-state index in [1.165, 1.54) is 6.07 Å². The number of carbonyl (C=O) groups is 1. The van der Waals surface area contributed by atoms with Crippen molar-refractivity contribution in [2.75, 3.05) is 13.2 Å². The van der Waals surface area contributed by atoms with Gasteiger partial charge in [-0.1, -0.05) is 11.6 Å². The molecule has 2 aliphatic rings. The summed E-state index contributed by atoms with van der Waals surface area (Å²) in [5, 5.41) is 0.388. The summed E-state index contributed by atoms with van der Waals surface area (Å²) < 4.78 is 34.1. The number of ether oxygens (including phenoxy) is 1. The van der Waals surface area contributed by atoms with E-state index in [1.54, 1.807) is 6.33 Å². The lowest BCUT2D eigenvalue weighted by molar-refractivity contribution is -0.137. The van der Waals surface area contributed by atoms with E-state index in [9.17, 15) is 13.6 Å². The molecule has 2 N–H and O–H groups in total. The molecular formula is C21H24ClF2N3O2. The van der Waals surface area contributed by atoms with Gasteiger partial charge in [-0.3, -0.25) is 4.79 Å². The summed E-state index contributed by atoms with van der Waals surface area (Å²) in [6.07, 6.45) is 6.27. The van der Waals surface area contributed by atoms with E-state index in [0.717, 1.165) is 37.8 Å². The van der Waals surface area contributed by atoms with Crippen LogP contribution in [0.15, 0.2) is 24.5 Å². The van der Waals surface area contributed by atoms with Crippen LogP contribution in [-0.2, 0) is 9.53 Å². The molecule has 4 rings (SSSR count). The van der Waals surface area contributed by atoms with Gasteiger partial charge >= 0.3 is 0 Å². The third kappa shape index (κ3) is 3.66. The van der Waals surface area contributed by atoms with E-state index in [1.807, 2.05) is 4.57 Å². The Hall–Kier alpha value is -1.99. The second-order valence-corrected chi connectivity index (χ2v) is 8.42. The first-order valence-electron chi connectivity index (χ1n) is 9.98. The number of carbonyl (C=O) groups excluding carboxylic acids is 1. The highest BCUT2D eigenvalue weighted by atomic mass is 35.5. The number of primary amides is 1. The number of imidazole rings is 1. The Morgan fingerprint density at radius 3 is 2.48 bits per heavy atom. The van der Waals surface area contributed by atoms with Gasteiger partial charge in [-0.2, -0.15) is 0 Å². The van der Waals surface area contributed by atoms with E-state index in [4.69, 9.17) is 22.1 Å². The molecule has 1 saturated heterocycles. The van der Waals surface area contributed by atoms with Crippen molar-refractivity contribution in [3.63, 3.8) is 0 Å². The summed E-state index contributed by atoms with van der Waals surface area (Å²) in [5.74, 6) is -1.81. The third-order valence-electron chi connectivity index (χ3n) is 6.66. The highest BCUT2D eigenvalue weighted by Gasteiger charge is 2.47. The maximum atomic E-state index is 13.6. The minimum absolute atomic E-state index is 0.0846. The van der Waals surface area contributed by atoms with Gasteiger partial charge in [-0.05, 0) is 62.6 Å². The molecule has 0 spiro atoms. The highest BCUT2D eigenvalue weighted by Crippen LogP contribution is 2.49. The van der Waals surface area contributed by atoms with Crippen LogP contribution in [0.4, 0.5) is 8.78 Å². The van der Waals surface area contributed by atoms with Gasteiger partial charge in [0.1, 0.15) is 10.8 Å². The summed E-state index contributed by atoms with van der Waals surface area (Å²) in [6, 6.07) is 3.70. The zero-order valence-electron chi connectivity index (χ0n) is 16.0. The Morgan fingerprint density at radius 2 is 1.86 bits per heavy atom. The first-order chi connectivity index (χ1) is 13.9. The van der Waals surface area contributed by atoms with Crippen LogP contribution in [0.5, 0.6) is 0 Å². The number of aromatic nitrogens is 2. The van der Waals surface area contributed by atoms with Crippen LogP contribution in [0, 0.1) is 23.0 Å². The van der Waals surface area contributed by atoms with Crippen molar-refractivity contribution in [3.05, 3.63) is 41.3 Å². The van der Waals surface area contributed by atoms with Crippen LogP contribution in [-0.4, -0.2) is 28.7 Å². The first-order valence-corrected chi connectivity index (χ1v) is 10.4. The van der Waals surface area contributed by atoms with Gasteiger partial charge in [0.25, 0.3) is 0 Å². The van der Waals surface area contributed by atoms with E-state index in [-0.39, 0.29) is 17.9 Å². The van der Waals surface area contributed by atoms with Gasteiger partial charge in [0, 0.05) is 24.8 Å². The lowest BCUT2D eigenvalue weighted by Gasteiger charge is -2.45. The Morgan fingerprint density at radius 1 is 1.17 bits per heavy atom. The van der Waals surface area contributed by atoms with Crippen molar-refractivity contribution in [3.8, 4) is 11.3 Å². The fourth-order valence-corrected chi connectivity index (χ4v) is 5.28. The minimum atomic E-state index is -0.937. The largest absolute Gasteiger partial charge is 0.381 e. The van der Waals surface area contributed by atoms with Crippen LogP contribution in [0.3, 0.4) is 0 Å². The van der Waals surface area contributed by atoms with E-state index >= 15 is 0 Å². The zero-order chi connectivity index (χ0) is 20.6. The SMILES string of the molecule is NC(=O)[C@]1(C2CCOCC2)CC[C@H](n2cnc(-c3ccc(F)c(F)c3)c2Cl)CC1. The quantitative estimate of drug-likeness (QED) is 0.787. The summed E-state index contributed by atoms with van der Waals surface area (Å²) in [6.45, 7) is 1.35. The van der Waals surface area contributed by atoms with Crippen molar-refractivity contribution in [1.29, 1.82) is 0 Å².